The number of carbonyl (C=O) groups is 1. The molecule has 1 atom stereocenters. The van der Waals surface area contributed by atoms with Crippen molar-refractivity contribution in [2.45, 2.75) is 39.7 Å². The average molecular weight is 212 g/mol. The van der Waals surface area contributed by atoms with Crippen LogP contribution < -0.4 is 5.32 Å². The summed E-state index contributed by atoms with van der Waals surface area (Å²) >= 11 is 0. The average Bonchev–Trinajstić information content (AvgIpc) is 2.67. The fraction of sp³-hybridized carbons (Fsp3) is 0.750. The van der Waals surface area contributed by atoms with Crippen molar-refractivity contribution >= 4 is 5.78 Å². The van der Waals surface area contributed by atoms with E-state index in [1.165, 1.54) is 0 Å². The third-order valence-corrected chi connectivity index (χ3v) is 2.60. The van der Waals surface area contributed by atoms with E-state index in [1.807, 2.05) is 34.9 Å². The summed E-state index contributed by atoms with van der Waals surface area (Å²) in [4.78, 5) is 13.8. The number of rotatable bonds is 3. The molecule has 3 heteroatoms. The van der Waals surface area contributed by atoms with E-state index in [0.29, 0.717) is 0 Å². The van der Waals surface area contributed by atoms with Crippen LogP contribution in [0.1, 0.15) is 33.6 Å². The number of ketones is 1. The molecular weight excluding hydrogens is 188 g/mol. The van der Waals surface area contributed by atoms with Crippen LogP contribution in [0.2, 0.25) is 0 Å². The first-order valence-corrected chi connectivity index (χ1v) is 5.75. The lowest BCUT2D eigenvalue weighted by Crippen LogP contribution is -2.32. The highest BCUT2D eigenvalue weighted by molar-refractivity contribution is 5.94. The molecule has 0 saturated carbocycles. The summed E-state index contributed by atoms with van der Waals surface area (Å²) in [5.74, 6) is 0.229. The number of hydrogen-bond acceptors (Lipinski definition) is 3. The van der Waals surface area contributed by atoms with E-state index < -0.39 is 0 Å². The van der Waals surface area contributed by atoms with Crippen LogP contribution in [0.5, 0.6) is 0 Å². The second-order valence-corrected chi connectivity index (χ2v) is 3.62. The number of nitrogens with zero attached hydrogens (tertiary/aromatic N) is 1. The van der Waals surface area contributed by atoms with Gasteiger partial charge in [0.2, 0.25) is 0 Å². The highest BCUT2D eigenvalue weighted by Gasteiger charge is 2.25. The number of likely N-dealkylation sites (tertiary alicyclic amines) is 1. The minimum Gasteiger partial charge on any atom is -0.392 e. The fourth-order valence-electron chi connectivity index (χ4n) is 1.65. The number of likely N-dealkylation sites (N-methyl/N-ethyl adjacent to an activating group) is 1. The van der Waals surface area contributed by atoms with Crippen molar-refractivity contribution in [3.8, 4) is 0 Å². The third-order valence-electron chi connectivity index (χ3n) is 2.60. The second kappa shape index (κ2) is 7.46. The normalized spacial score (nSPS) is 21.9. The lowest BCUT2D eigenvalue weighted by molar-refractivity contribution is -0.118. The van der Waals surface area contributed by atoms with Crippen molar-refractivity contribution in [1.82, 2.24) is 10.2 Å². The molecule has 0 aromatic heterocycles. The Balaban J connectivity index is 0.000000921. The minimum atomic E-state index is 0.114. The molecule has 0 aromatic carbocycles. The van der Waals surface area contributed by atoms with Crippen LogP contribution in [0.15, 0.2) is 11.8 Å². The lowest BCUT2D eigenvalue weighted by atomic mass is 10.1. The molecule has 1 unspecified atom stereocenters. The van der Waals surface area contributed by atoms with Crippen molar-refractivity contribution in [3.63, 3.8) is 0 Å². The Bertz CT molecular complexity index is 224. The van der Waals surface area contributed by atoms with Gasteiger partial charge in [0.05, 0.1) is 6.04 Å². The second-order valence-electron chi connectivity index (χ2n) is 3.62. The zero-order chi connectivity index (χ0) is 11.8. The molecule has 88 valence electrons. The van der Waals surface area contributed by atoms with Crippen LogP contribution in [-0.4, -0.2) is 37.4 Å². The number of carbonyl (C=O) groups excluding carboxylic acids is 1. The van der Waals surface area contributed by atoms with Gasteiger partial charge >= 0.3 is 0 Å². The molecule has 1 rings (SSSR count). The van der Waals surface area contributed by atoms with Gasteiger partial charge in [-0.3, -0.25) is 9.69 Å². The van der Waals surface area contributed by atoms with Gasteiger partial charge in [-0.05, 0) is 33.4 Å². The van der Waals surface area contributed by atoms with Gasteiger partial charge < -0.3 is 5.32 Å². The predicted octanol–water partition coefficient (Wildman–Crippen LogP) is 1.80. The van der Waals surface area contributed by atoms with Gasteiger partial charge in [-0.25, -0.2) is 0 Å². The van der Waals surface area contributed by atoms with Crippen LogP contribution in [0.25, 0.3) is 0 Å². The van der Waals surface area contributed by atoms with Crippen molar-refractivity contribution in [3.05, 3.63) is 11.8 Å². The molecule has 0 aromatic rings. The number of allylic oxidation sites excluding steroid dienone is 1. The van der Waals surface area contributed by atoms with E-state index in [9.17, 15) is 4.79 Å². The highest BCUT2D eigenvalue weighted by Crippen LogP contribution is 2.16. The van der Waals surface area contributed by atoms with Gasteiger partial charge in [0.1, 0.15) is 0 Å². The Morgan fingerprint density at radius 2 is 2.07 bits per heavy atom. The molecule has 1 fully saturated rings. The van der Waals surface area contributed by atoms with Crippen molar-refractivity contribution in [2.75, 3.05) is 20.6 Å². The molecule has 0 radical (unpaired) electrons. The molecule has 15 heavy (non-hydrogen) atoms. The summed E-state index contributed by atoms with van der Waals surface area (Å²) in [7, 11) is 3.84. The smallest absolute Gasteiger partial charge is 0.174 e. The van der Waals surface area contributed by atoms with Crippen LogP contribution in [0.4, 0.5) is 0 Å². The van der Waals surface area contributed by atoms with Gasteiger partial charge in [0.25, 0.3) is 0 Å². The van der Waals surface area contributed by atoms with Crippen LogP contribution in [0, 0.1) is 0 Å². The Labute approximate surface area is 93.5 Å². The van der Waals surface area contributed by atoms with Gasteiger partial charge in [-0.1, -0.05) is 13.8 Å². The van der Waals surface area contributed by atoms with Gasteiger partial charge in [-0.2, -0.15) is 0 Å². The summed E-state index contributed by atoms with van der Waals surface area (Å²) in [6, 6.07) is 0.114. The Kier molecular flexibility index (Phi) is 7.05. The highest BCUT2D eigenvalue weighted by atomic mass is 16.1. The first-order valence-electron chi connectivity index (χ1n) is 5.75. The number of nitrogens with one attached hydrogen (secondary N) is 1. The third kappa shape index (κ3) is 4.47. The molecule has 1 aliphatic rings. The summed E-state index contributed by atoms with van der Waals surface area (Å²) in [5.41, 5.74) is 0.935. The maximum Gasteiger partial charge on any atom is 0.174 e. The van der Waals surface area contributed by atoms with E-state index in [0.717, 1.165) is 25.1 Å². The topological polar surface area (TPSA) is 32.3 Å². The molecule has 1 aliphatic heterocycles. The monoisotopic (exact) mass is 212 g/mol. The Morgan fingerprint density at radius 3 is 2.47 bits per heavy atom. The molecule has 1 saturated heterocycles. The largest absolute Gasteiger partial charge is 0.392 e. The Morgan fingerprint density at radius 1 is 1.47 bits per heavy atom. The quantitative estimate of drug-likeness (QED) is 0.724. The van der Waals surface area contributed by atoms with Crippen LogP contribution in [-0.2, 0) is 4.79 Å². The van der Waals surface area contributed by atoms with Gasteiger partial charge in [-0.15, -0.1) is 0 Å². The molecule has 1 heterocycles. The van der Waals surface area contributed by atoms with Crippen molar-refractivity contribution in [1.29, 1.82) is 0 Å². The summed E-state index contributed by atoms with van der Waals surface area (Å²) in [6.07, 6.45) is 3.84. The lowest BCUT2D eigenvalue weighted by Gasteiger charge is -2.16. The van der Waals surface area contributed by atoms with E-state index in [2.05, 4.69) is 10.2 Å². The maximum atomic E-state index is 11.7. The molecule has 0 amide bonds. The zero-order valence-electron chi connectivity index (χ0n) is 10.6. The molecule has 1 N–H and O–H groups in total. The summed E-state index contributed by atoms with van der Waals surface area (Å²) in [5, 5.41) is 2.96. The number of hydrogen-bond donors (Lipinski definition) is 1. The molecule has 3 nitrogen and oxygen atoms in total. The van der Waals surface area contributed by atoms with E-state index in [4.69, 9.17) is 0 Å². The first-order chi connectivity index (χ1) is 7.15. The molecule has 0 bridgehead atoms. The summed E-state index contributed by atoms with van der Waals surface area (Å²) < 4.78 is 0. The van der Waals surface area contributed by atoms with Gasteiger partial charge in [0.15, 0.2) is 5.78 Å². The van der Waals surface area contributed by atoms with Crippen LogP contribution in [0.3, 0.4) is 0 Å². The predicted molar refractivity (Wildman–Crippen MR) is 64.8 cm³/mol. The zero-order valence-corrected chi connectivity index (χ0v) is 10.6. The van der Waals surface area contributed by atoms with Crippen LogP contribution >= 0.6 is 0 Å². The minimum absolute atomic E-state index is 0.114. The summed E-state index contributed by atoms with van der Waals surface area (Å²) in [6.45, 7) is 6.95. The van der Waals surface area contributed by atoms with E-state index >= 15 is 0 Å². The van der Waals surface area contributed by atoms with Gasteiger partial charge in [0, 0.05) is 18.8 Å². The maximum absolute atomic E-state index is 11.7. The molecular formula is C12H24N2O. The van der Waals surface area contributed by atoms with Crippen molar-refractivity contribution in [2.24, 2.45) is 0 Å². The standard InChI is InChI=1S/C10H18N2O.C2H6/c1-8(11-2)7-10(13)9-5-4-6-12(9)3;1-2/h7,9,11H,4-6H2,1-3H3;1-2H3/b8-7-;. The molecule has 0 aliphatic carbocycles. The van der Waals surface area contributed by atoms with E-state index in [-0.39, 0.29) is 11.8 Å². The Hall–Kier alpha value is -0.830. The van der Waals surface area contributed by atoms with Crippen molar-refractivity contribution < 1.29 is 4.79 Å². The SMILES string of the molecule is CC.CN/C(C)=C\C(=O)C1CCCN1C. The fourth-order valence-corrected chi connectivity index (χ4v) is 1.65. The van der Waals surface area contributed by atoms with E-state index in [1.54, 1.807) is 6.08 Å². The molecule has 0 spiro atoms. The first kappa shape index (κ1) is 14.2.